The van der Waals surface area contributed by atoms with E-state index in [0.29, 0.717) is 11.3 Å². The molecule has 8 heteroatoms. The number of ether oxygens (including phenoxy) is 1. The Balaban J connectivity index is 2.04. The zero-order chi connectivity index (χ0) is 14.3. The molecule has 2 aromatic rings. The van der Waals surface area contributed by atoms with E-state index in [1.54, 1.807) is 0 Å². The molecule has 3 rings (SSSR count). The fraction of sp³-hybridized carbons (Fsp3) is 0.250. The van der Waals surface area contributed by atoms with Crippen LogP contribution in [0, 0.1) is 0 Å². The maximum absolute atomic E-state index is 12.6. The van der Waals surface area contributed by atoms with Gasteiger partial charge in [-0.05, 0) is 12.1 Å². The summed E-state index contributed by atoms with van der Waals surface area (Å²) in [5.41, 5.74) is -0.0196. The number of carbonyl (C=O) groups excluding carboxylic acids is 1. The number of halogens is 3. The van der Waals surface area contributed by atoms with Gasteiger partial charge in [-0.15, -0.1) is 0 Å². The first-order valence-corrected chi connectivity index (χ1v) is 5.68. The highest BCUT2D eigenvalue weighted by atomic mass is 19.4. The highest BCUT2D eigenvalue weighted by Gasteiger charge is 2.32. The van der Waals surface area contributed by atoms with Crippen molar-refractivity contribution in [3.63, 3.8) is 0 Å². The number of Topliss-reactive ketones (excluding diaryl/α,β-unsaturated/α-hetero) is 1. The van der Waals surface area contributed by atoms with Gasteiger partial charge in [0.1, 0.15) is 12.3 Å². The number of pyridine rings is 1. The van der Waals surface area contributed by atoms with Crippen LogP contribution in [0.15, 0.2) is 24.5 Å². The van der Waals surface area contributed by atoms with Crippen LogP contribution in [0.4, 0.5) is 13.2 Å². The highest BCUT2D eigenvalue weighted by molar-refractivity contribution is 5.98. The molecule has 104 valence electrons. The fourth-order valence-corrected chi connectivity index (χ4v) is 1.92. The lowest BCUT2D eigenvalue weighted by molar-refractivity contribution is -0.141. The third-order valence-electron chi connectivity index (χ3n) is 2.86. The Morgan fingerprint density at radius 1 is 1.30 bits per heavy atom. The molecular formula is C12H8F3N3O2. The summed E-state index contributed by atoms with van der Waals surface area (Å²) in [5.74, 6) is -0.234. The Bertz CT molecular complexity index is 679. The Morgan fingerprint density at radius 2 is 2.10 bits per heavy atom. The number of carbonyl (C=O) groups is 1. The van der Waals surface area contributed by atoms with E-state index in [1.165, 1.54) is 16.9 Å². The molecule has 0 amide bonds. The minimum absolute atomic E-state index is 0.0388. The highest BCUT2D eigenvalue weighted by Crippen LogP contribution is 2.28. The topological polar surface area (TPSA) is 57.0 Å². The molecule has 0 N–H and O–H groups in total. The summed E-state index contributed by atoms with van der Waals surface area (Å²) < 4.78 is 44.1. The van der Waals surface area contributed by atoms with E-state index in [4.69, 9.17) is 4.74 Å². The van der Waals surface area contributed by atoms with Crippen LogP contribution in [0.3, 0.4) is 0 Å². The first kappa shape index (κ1) is 12.8. The second-order valence-electron chi connectivity index (χ2n) is 4.25. The van der Waals surface area contributed by atoms with Gasteiger partial charge in [0.05, 0.1) is 23.6 Å². The van der Waals surface area contributed by atoms with Crippen molar-refractivity contribution in [2.24, 2.45) is 0 Å². The summed E-state index contributed by atoms with van der Waals surface area (Å²) in [4.78, 5) is 14.9. The van der Waals surface area contributed by atoms with Crippen LogP contribution in [0.2, 0.25) is 0 Å². The molecule has 3 heterocycles. The van der Waals surface area contributed by atoms with Crippen LogP contribution in [0.1, 0.15) is 21.7 Å². The number of fused-ring (bicyclic) bond motifs is 1. The largest absolute Gasteiger partial charge is 0.433 e. The molecule has 0 saturated heterocycles. The van der Waals surface area contributed by atoms with Crippen molar-refractivity contribution in [3.8, 4) is 5.69 Å². The van der Waals surface area contributed by atoms with E-state index in [-0.39, 0.29) is 24.7 Å². The van der Waals surface area contributed by atoms with Gasteiger partial charge < -0.3 is 4.74 Å². The molecule has 0 aliphatic carbocycles. The van der Waals surface area contributed by atoms with Crippen molar-refractivity contribution in [1.82, 2.24) is 14.8 Å². The molecule has 2 aromatic heterocycles. The van der Waals surface area contributed by atoms with E-state index in [9.17, 15) is 18.0 Å². The minimum atomic E-state index is -4.53. The Hall–Kier alpha value is -2.22. The molecular weight excluding hydrogens is 275 g/mol. The Morgan fingerprint density at radius 3 is 2.80 bits per heavy atom. The molecule has 0 fully saturated rings. The van der Waals surface area contributed by atoms with Crippen LogP contribution in [-0.2, 0) is 17.5 Å². The van der Waals surface area contributed by atoms with E-state index in [1.807, 2.05) is 0 Å². The maximum atomic E-state index is 12.6. The average molecular weight is 283 g/mol. The standard InChI is InChI=1S/C12H8F3N3O2/c13-12(14,15)11-3-7(1-2-16-11)18-4-8-9(17-18)5-20-6-10(8)19/h1-4H,5-6H2. The Kier molecular flexibility index (Phi) is 2.82. The minimum Gasteiger partial charge on any atom is -0.367 e. The molecule has 20 heavy (non-hydrogen) atoms. The van der Waals surface area contributed by atoms with Crippen LogP contribution < -0.4 is 0 Å². The SMILES string of the molecule is O=C1COCc2nn(-c3ccnc(C(F)(F)F)c3)cc21. The lowest BCUT2D eigenvalue weighted by Gasteiger charge is -2.08. The van der Waals surface area contributed by atoms with E-state index in [2.05, 4.69) is 10.1 Å². The second-order valence-corrected chi connectivity index (χ2v) is 4.25. The van der Waals surface area contributed by atoms with Gasteiger partial charge in [0, 0.05) is 12.4 Å². The lowest BCUT2D eigenvalue weighted by atomic mass is 10.1. The number of aromatic nitrogens is 3. The fourth-order valence-electron chi connectivity index (χ4n) is 1.92. The first-order valence-electron chi connectivity index (χ1n) is 5.68. The molecule has 0 bridgehead atoms. The van der Waals surface area contributed by atoms with Crippen molar-refractivity contribution in [2.75, 3.05) is 6.61 Å². The summed E-state index contributed by atoms with van der Waals surface area (Å²) in [6.07, 6.45) is -2.06. The van der Waals surface area contributed by atoms with Crippen molar-refractivity contribution < 1.29 is 22.7 Å². The van der Waals surface area contributed by atoms with Gasteiger partial charge >= 0.3 is 6.18 Å². The number of alkyl halides is 3. The summed E-state index contributed by atoms with van der Waals surface area (Å²) in [7, 11) is 0. The first-order chi connectivity index (χ1) is 9.45. The van der Waals surface area contributed by atoms with Gasteiger partial charge in [-0.25, -0.2) is 4.68 Å². The molecule has 0 atom stereocenters. The monoisotopic (exact) mass is 283 g/mol. The Labute approximate surface area is 111 Å². The zero-order valence-corrected chi connectivity index (χ0v) is 10.0. The molecule has 5 nitrogen and oxygen atoms in total. The van der Waals surface area contributed by atoms with E-state index in [0.717, 1.165) is 12.3 Å². The number of hydrogen-bond donors (Lipinski definition) is 0. The molecule has 0 unspecified atom stereocenters. The van der Waals surface area contributed by atoms with Crippen LogP contribution in [-0.4, -0.2) is 27.2 Å². The summed E-state index contributed by atoms with van der Waals surface area (Å²) >= 11 is 0. The second kappa shape index (κ2) is 4.41. The van der Waals surface area contributed by atoms with Gasteiger partial charge in [-0.1, -0.05) is 0 Å². The van der Waals surface area contributed by atoms with Gasteiger partial charge in [0.25, 0.3) is 0 Å². The van der Waals surface area contributed by atoms with Gasteiger partial charge in [0.2, 0.25) is 0 Å². The lowest BCUT2D eigenvalue weighted by Crippen LogP contribution is -2.16. The predicted octanol–water partition coefficient (Wildman–Crippen LogP) is 2.00. The number of nitrogens with zero attached hydrogens (tertiary/aromatic N) is 3. The van der Waals surface area contributed by atoms with E-state index >= 15 is 0 Å². The quantitative estimate of drug-likeness (QED) is 0.803. The third kappa shape index (κ3) is 2.18. The molecule has 0 saturated carbocycles. The molecule has 0 aromatic carbocycles. The summed E-state index contributed by atoms with van der Waals surface area (Å²) in [6, 6.07) is 2.27. The molecule has 0 radical (unpaired) electrons. The van der Waals surface area contributed by atoms with Crippen molar-refractivity contribution in [3.05, 3.63) is 41.5 Å². The van der Waals surface area contributed by atoms with Crippen LogP contribution in [0.25, 0.3) is 5.69 Å². The molecule has 1 aliphatic heterocycles. The van der Waals surface area contributed by atoms with Crippen molar-refractivity contribution >= 4 is 5.78 Å². The van der Waals surface area contributed by atoms with Crippen molar-refractivity contribution in [2.45, 2.75) is 12.8 Å². The number of ketones is 1. The van der Waals surface area contributed by atoms with E-state index < -0.39 is 11.9 Å². The maximum Gasteiger partial charge on any atom is 0.433 e. The van der Waals surface area contributed by atoms with Crippen LogP contribution in [0.5, 0.6) is 0 Å². The zero-order valence-electron chi connectivity index (χ0n) is 10.0. The molecule has 1 aliphatic rings. The normalized spacial score (nSPS) is 15.2. The van der Waals surface area contributed by atoms with Crippen molar-refractivity contribution in [1.29, 1.82) is 0 Å². The van der Waals surface area contributed by atoms with Gasteiger partial charge in [0.15, 0.2) is 5.78 Å². The van der Waals surface area contributed by atoms with Gasteiger partial charge in [-0.2, -0.15) is 18.3 Å². The summed E-state index contributed by atoms with van der Waals surface area (Å²) in [5, 5.41) is 4.07. The predicted molar refractivity (Wildman–Crippen MR) is 60.3 cm³/mol. The summed E-state index contributed by atoms with van der Waals surface area (Å²) in [6.45, 7) is 0.133. The average Bonchev–Trinajstić information content (AvgIpc) is 2.83. The van der Waals surface area contributed by atoms with Gasteiger partial charge in [-0.3, -0.25) is 9.78 Å². The third-order valence-corrected chi connectivity index (χ3v) is 2.86. The number of rotatable bonds is 1. The number of hydrogen-bond acceptors (Lipinski definition) is 4. The smallest absolute Gasteiger partial charge is 0.367 e. The molecule has 0 spiro atoms. The van der Waals surface area contributed by atoms with Crippen LogP contribution >= 0.6 is 0 Å².